The summed E-state index contributed by atoms with van der Waals surface area (Å²) in [5.41, 5.74) is 1.98. The van der Waals surface area contributed by atoms with Crippen LogP contribution >= 0.6 is 23.4 Å². The van der Waals surface area contributed by atoms with E-state index in [0.29, 0.717) is 16.1 Å². The van der Waals surface area contributed by atoms with Crippen molar-refractivity contribution in [2.75, 3.05) is 12.8 Å². The Kier molecular flexibility index (Phi) is 4.25. The summed E-state index contributed by atoms with van der Waals surface area (Å²) in [6, 6.07) is 10.2. The Labute approximate surface area is 159 Å². The van der Waals surface area contributed by atoms with Crippen molar-refractivity contribution < 1.29 is 14.4 Å². The molecule has 0 bridgehead atoms. The van der Waals surface area contributed by atoms with E-state index in [4.69, 9.17) is 11.6 Å². The fourth-order valence-electron chi connectivity index (χ4n) is 3.26. The molecular weight excluding hydrogens is 372 g/mol. The van der Waals surface area contributed by atoms with Crippen LogP contribution in [0.2, 0.25) is 5.02 Å². The van der Waals surface area contributed by atoms with E-state index >= 15 is 0 Å². The van der Waals surface area contributed by atoms with Crippen LogP contribution in [-0.4, -0.2) is 35.4 Å². The number of fused-ring (bicyclic) bond motifs is 2. The number of rotatable bonds is 2. The third-order valence-electron chi connectivity index (χ3n) is 4.67. The molecule has 4 rings (SSSR count). The lowest BCUT2D eigenvalue weighted by atomic mass is 10.0. The fourth-order valence-corrected chi connectivity index (χ4v) is 4.55. The summed E-state index contributed by atoms with van der Waals surface area (Å²) in [6.45, 7) is 0. The average molecular weight is 387 g/mol. The zero-order chi connectivity index (χ0) is 18.4. The maximum atomic E-state index is 12.7. The van der Waals surface area contributed by atoms with Gasteiger partial charge in [-0.1, -0.05) is 11.6 Å². The minimum absolute atomic E-state index is 0.134. The lowest BCUT2D eigenvalue weighted by molar-refractivity contribution is 0.0693. The summed E-state index contributed by atoms with van der Waals surface area (Å²) in [5.74, 6) is -0.0947. The molecule has 7 heteroatoms. The van der Waals surface area contributed by atoms with Crippen molar-refractivity contribution in [3.63, 3.8) is 0 Å². The normalized spacial score (nSPS) is 18.5. The van der Waals surface area contributed by atoms with Crippen molar-refractivity contribution in [2.45, 2.75) is 17.4 Å². The highest BCUT2D eigenvalue weighted by Crippen LogP contribution is 2.37. The molecule has 132 valence electrons. The van der Waals surface area contributed by atoms with Gasteiger partial charge in [0, 0.05) is 28.3 Å². The number of nitrogens with one attached hydrogen (secondary N) is 1. The van der Waals surface area contributed by atoms with Crippen LogP contribution in [-0.2, 0) is 0 Å². The largest absolute Gasteiger partial charge is 0.345 e. The van der Waals surface area contributed by atoms with Crippen LogP contribution in [0.3, 0.4) is 0 Å². The lowest BCUT2D eigenvalue weighted by Crippen LogP contribution is -2.30. The molecule has 0 aromatic heterocycles. The maximum Gasteiger partial charge on any atom is 0.261 e. The number of carbonyl (C=O) groups is 3. The molecule has 1 atom stereocenters. The first-order chi connectivity index (χ1) is 12.5. The number of hydrogen-bond donors (Lipinski definition) is 1. The van der Waals surface area contributed by atoms with Gasteiger partial charge in [-0.05, 0) is 48.4 Å². The summed E-state index contributed by atoms with van der Waals surface area (Å²) in [4.78, 5) is 39.0. The van der Waals surface area contributed by atoms with E-state index in [2.05, 4.69) is 5.32 Å². The number of imide groups is 1. The Balaban J connectivity index is 1.60. The van der Waals surface area contributed by atoms with Crippen molar-refractivity contribution in [2.24, 2.45) is 0 Å². The molecule has 2 aromatic carbocycles. The molecule has 1 unspecified atom stereocenters. The number of benzene rings is 2. The Bertz CT molecular complexity index is 960. The number of thioether (sulfide) groups is 1. The highest BCUT2D eigenvalue weighted by atomic mass is 35.5. The van der Waals surface area contributed by atoms with Gasteiger partial charge in [0.05, 0.1) is 17.2 Å². The first kappa shape index (κ1) is 17.1. The van der Waals surface area contributed by atoms with Crippen molar-refractivity contribution in [1.29, 1.82) is 0 Å². The smallest absolute Gasteiger partial charge is 0.261 e. The minimum Gasteiger partial charge on any atom is -0.345 e. The van der Waals surface area contributed by atoms with Crippen LogP contribution in [0.5, 0.6) is 0 Å². The van der Waals surface area contributed by atoms with Gasteiger partial charge < -0.3 is 5.32 Å². The quantitative estimate of drug-likeness (QED) is 0.802. The third-order valence-corrected chi connectivity index (χ3v) is 6.03. The van der Waals surface area contributed by atoms with Crippen LogP contribution in [0.1, 0.15) is 49.1 Å². The number of nitrogens with zero attached hydrogens (tertiary/aromatic N) is 1. The number of carbonyl (C=O) groups excluding carboxylic acids is 3. The van der Waals surface area contributed by atoms with Gasteiger partial charge in [0.1, 0.15) is 0 Å². The summed E-state index contributed by atoms with van der Waals surface area (Å²) < 4.78 is 0. The van der Waals surface area contributed by atoms with Gasteiger partial charge in [0.2, 0.25) is 0 Å². The van der Waals surface area contributed by atoms with E-state index in [0.717, 1.165) is 27.5 Å². The minimum atomic E-state index is -0.383. The van der Waals surface area contributed by atoms with E-state index in [1.165, 1.54) is 19.2 Å². The van der Waals surface area contributed by atoms with Crippen LogP contribution in [0.25, 0.3) is 0 Å². The predicted octanol–water partition coefficient (Wildman–Crippen LogP) is 3.53. The SMILES string of the molecule is CN1C(=O)c2ccc(C(=O)NC3CCSc4ccc(Cl)cc43)cc2C1=O. The second-order valence-corrected chi connectivity index (χ2v) is 7.85. The molecule has 0 saturated carbocycles. The maximum absolute atomic E-state index is 12.7. The summed E-state index contributed by atoms with van der Waals surface area (Å²) in [6.07, 6.45) is 0.800. The van der Waals surface area contributed by atoms with E-state index in [-0.39, 0.29) is 29.3 Å². The van der Waals surface area contributed by atoms with Crippen molar-refractivity contribution >= 4 is 41.1 Å². The van der Waals surface area contributed by atoms with Crippen LogP contribution in [0.15, 0.2) is 41.3 Å². The standard InChI is InChI=1S/C19H15ClN2O3S/c1-22-18(24)12-4-2-10(8-13(12)19(22)25)17(23)21-15-6-7-26-16-5-3-11(20)9-14(15)16/h2-5,8-9,15H,6-7H2,1H3,(H,21,23). The van der Waals surface area contributed by atoms with Gasteiger partial charge >= 0.3 is 0 Å². The van der Waals surface area contributed by atoms with Crippen LogP contribution < -0.4 is 5.32 Å². The Morgan fingerprint density at radius 3 is 2.73 bits per heavy atom. The van der Waals surface area contributed by atoms with E-state index in [1.807, 2.05) is 18.2 Å². The molecule has 0 spiro atoms. The topological polar surface area (TPSA) is 66.5 Å². The first-order valence-corrected chi connectivity index (χ1v) is 9.51. The van der Waals surface area contributed by atoms with Crippen LogP contribution in [0, 0.1) is 0 Å². The van der Waals surface area contributed by atoms with Crippen molar-refractivity contribution in [3.05, 3.63) is 63.7 Å². The molecule has 2 heterocycles. The highest BCUT2D eigenvalue weighted by Gasteiger charge is 2.33. The second kappa shape index (κ2) is 6.45. The van der Waals surface area contributed by atoms with E-state index < -0.39 is 0 Å². The van der Waals surface area contributed by atoms with Gasteiger partial charge in [0.25, 0.3) is 17.7 Å². The molecular formula is C19H15ClN2O3S. The molecule has 0 radical (unpaired) electrons. The highest BCUT2D eigenvalue weighted by molar-refractivity contribution is 7.99. The molecule has 1 N–H and O–H groups in total. The summed E-state index contributed by atoms with van der Waals surface area (Å²) in [7, 11) is 1.44. The Morgan fingerprint density at radius 1 is 1.15 bits per heavy atom. The van der Waals surface area contributed by atoms with Gasteiger partial charge in [-0.15, -0.1) is 11.8 Å². The summed E-state index contributed by atoms with van der Waals surface area (Å²) in [5, 5.41) is 3.66. The van der Waals surface area contributed by atoms with Crippen LogP contribution in [0.4, 0.5) is 0 Å². The number of halogens is 1. The molecule has 3 amide bonds. The Morgan fingerprint density at radius 2 is 1.92 bits per heavy atom. The zero-order valence-electron chi connectivity index (χ0n) is 13.9. The molecule has 5 nitrogen and oxygen atoms in total. The van der Waals surface area contributed by atoms with Gasteiger partial charge in [-0.3, -0.25) is 19.3 Å². The fraction of sp³-hybridized carbons (Fsp3) is 0.211. The summed E-state index contributed by atoms with van der Waals surface area (Å²) >= 11 is 7.85. The zero-order valence-corrected chi connectivity index (χ0v) is 15.5. The molecule has 2 aliphatic rings. The molecule has 2 aliphatic heterocycles. The lowest BCUT2D eigenvalue weighted by Gasteiger charge is -2.26. The molecule has 2 aromatic rings. The van der Waals surface area contributed by atoms with Crippen molar-refractivity contribution in [1.82, 2.24) is 10.2 Å². The predicted molar refractivity (Wildman–Crippen MR) is 99.9 cm³/mol. The molecule has 0 aliphatic carbocycles. The molecule has 0 saturated heterocycles. The second-order valence-electron chi connectivity index (χ2n) is 6.28. The van der Waals surface area contributed by atoms with Gasteiger partial charge in [-0.25, -0.2) is 0 Å². The monoisotopic (exact) mass is 386 g/mol. The van der Waals surface area contributed by atoms with E-state index in [9.17, 15) is 14.4 Å². The third kappa shape index (κ3) is 2.79. The first-order valence-electron chi connectivity index (χ1n) is 8.15. The molecule has 0 fully saturated rings. The van der Waals surface area contributed by atoms with E-state index in [1.54, 1.807) is 17.8 Å². The average Bonchev–Trinajstić information content (AvgIpc) is 2.86. The Hall–Kier alpha value is -2.31. The van der Waals surface area contributed by atoms with Gasteiger partial charge in [-0.2, -0.15) is 0 Å². The van der Waals surface area contributed by atoms with Gasteiger partial charge in [0.15, 0.2) is 0 Å². The number of hydrogen-bond acceptors (Lipinski definition) is 4. The number of amides is 3. The molecule has 26 heavy (non-hydrogen) atoms. The van der Waals surface area contributed by atoms with Crippen molar-refractivity contribution in [3.8, 4) is 0 Å².